The molecule has 10 nitrogen and oxygen atoms in total. The van der Waals surface area contributed by atoms with E-state index in [-0.39, 0.29) is 16.8 Å². The molecule has 2 aliphatic rings. The minimum atomic E-state index is -5.08. The fraction of sp³-hybridized carbons (Fsp3) is 0.440. The molecule has 1 aliphatic heterocycles. The standard InChI is InChI=1S/C23H30N4O4S.C2HF3O2/c1-31-19-7-4-8-20(16-19)32(29,30)26-21-15-17(23(28)25-18-5-2-3-6-18)9-10-22(21)27-13-11-24-12-14-27;3-2(4,5)1(6)7/h4,7-10,15-16,18,24,26H,2-3,5-6,11-14H2,1H3,(H,25,28);(H,6,7). The summed E-state index contributed by atoms with van der Waals surface area (Å²) in [6.07, 6.45) is -0.864. The maximum atomic E-state index is 13.2. The van der Waals surface area contributed by atoms with Gasteiger partial charge in [0.2, 0.25) is 0 Å². The van der Waals surface area contributed by atoms with Gasteiger partial charge in [0, 0.05) is 43.9 Å². The number of hydrogen-bond donors (Lipinski definition) is 4. The minimum Gasteiger partial charge on any atom is -0.497 e. The first-order chi connectivity index (χ1) is 18.4. The number of ether oxygens (including phenoxy) is 1. The number of rotatable bonds is 7. The SMILES string of the molecule is COc1cccc(S(=O)(=O)Nc2cc(C(=O)NC3CCCC3)ccc2N2CCNCC2)c1.O=C(O)C(F)(F)F. The fourth-order valence-electron chi connectivity index (χ4n) is 4.25. The van der Waals surface area contributed by atoms with Crippen molar-refractivity contribution in [2.24, 2.45) is 0 Å². The molecule has 14 heteroatoms. The van der Waals surface area contributed by atoms with Crippen molar-refractivity contribution in [1.82, 2.24) is 10.6 Å². The lowest BCUT2D eigenvalue weighted by Gasteiger charge is -2.31. The zero-order valence-corrected chi connectivity index (χ0v) is 22.1. The highest BCUT2D eigenvalue weighted by Gasteiger charge is 2.38. The molecule has 1 heterocycles. The van der Waals surface area contributed by atoms with E-state index >= 15 is 0 Å². The summed E-state index contributed by atoms with van der Waals surface area (Å²) in [6.45, 7) is 3.13. The molecule has 0 spiro atoms. The largest absolute Gasteiger partial charge is 0.497 e. The van der Waals surface area contributed by atoms with Crippen molar-refractivity contribution in [2.45, 2.75) is 42.8 Å². The number of alkyl halides is 3. The van der Waals surface area contributed by atoms with Crippen LogP contribution in [0.15, 0.2) is 47.4 Å². The first-order valence-corrected chi connectivity index (χ1v) is 13.8. The lowest BCUT2D eigenvalue weighted by atomic mass is 10.1. The van der Waals surface area contributed by atoms with E-state index in [2.05, 4.69) is 20.3 Å². The van der Waals surface area contributed by atoms with Gasteiger partial charge in [0.1, 0.15) is 5.75 Å². The van der Waals surface area contributed by atoms with Crippen LogP contribution < -0.4 is 25.0 Å². The van der Waals surface area contributed by atoms with Crippen LogP contribution in [0.2, 0.25) is 0 Å². The van der Waals surface area contributed by atoms with Gasteiger partial charge in [0.05, 0.1) is 23.4 Å². The van der Waals surface area contributed by atoms with Crippen LogP contribution in [0.5, 0.6) is 5.75 Å². The molecule has 2 aromatic carbocycles. The number of carboxylic acid groups (broad SMARTS) is 1. The number of methoxy groups -OCH3 is 1. The molecule has 2 aromatic rings. The average molecular weight is 573 g/mol. The van der Waals surface area contributed by atoms with Crippen molar-refractivity contribution in [1.29, 1.82) is 0 Å². The van der Waals surface area contributed by atoms with Crippen LogP contribution in [0.25, 0.3) is 0 Å². The van der Waals surface area contributed by atoms with Crippen molar-refractivity contribution in [3.63, 3.8) is 0 Å². The van der Waals surface area contributed by atoms with Gasteiger partial charge in [0.25, 0.3) is 15.9 Å². The summed E-state index contributed by atoms with van der Waals surface area (Å²) in [5.41, 5.74) is 1.60. The van der Waals surface area contributed by atoms with E-state index in [9.17, 15) is 26.4 Å². The highest BCUT2D eigenvalue weighted by molar-refractivity contribution is 7.92. The van der Waals surface area contributed by atoms with Crippen molar-refractivity contribution >= 4 is 33.3 Å². The molecule has 39 heavy (non-hydrogen) atoms. The van der Waals surface area contributed by atoms with Gasteiger partial charge in [-0.05, 0) is 43.2 Å². The third kappa shape index (κ3) is 8.48. The summed E-state index contributed by atoms with van der Waals surface area (Å²) in [5.74, 6) is -2.47. The first kappa shape index (κ1) is 30.0. The Morgan fingerprint density at radius 1 is 1.08 bits per heavy atom. The zero-order valence-electron chi connectivity index (χ0n) is 21.3. The summed E-state index contributed by atoms with van der Waals surface area (Å²) >= 11 is 0. The van der Waals surface area contributed by atoms with Gasteiger partial charge in [-0.25, -0.2) is 13.2 Å². The Balaban J connectivity index is 0.000000532. The molecule has 0 bridgehead atoms. The highest BCUT2D eigenvalue weighted by Crippen LogP contribution is 2.31. The van der Waals surface area contributed by atoms with E-state index in [1.54, 1.807) is 24.3 Å². The van der Waals surface area contributed by atoms with Crippen molar-refractivity contribution in [3.8, 4) is 5.75 Å². The van der Waals surface area contributed by atoms with Crippen LogP contribution in [-0.4, -0.2) is 70.9 Å². The first-order valence-electron chi connectivity index (χ1n) is 12.3. The predicted molar refractivity (Wildman–Crippen MR) is 139 cm³/mol. The Labute approximate surface area is 224 Å². The van der Waals surface area contributed by atoms with Crippen LogP contribution in [0.4, 0.5) is 24.5 Å². The number of halogens is 3. The van der Waals surface area contributed by atoms with Crippen LogP contribution in [0.3, 0.4) is 0 Å². The highest BCUT2D eigenvalue weighted by atomic mass is 32.2. The normalized spacial score (nSPS) is 16.2. The molecule has 2 fully saturated rings. The molecule has 0 atom stereocenters. The molecule has 1 amide bonds. The average Bonchev–Trinajstić information content (AvgIpc) is 3.42. The van der Waals surface area contributed by atoms with Crippen molar-refractivity contribution < 1.29 is 41.0 Å². The molecule has 0 aromatic heterocycles. The summed E-state index contributed by atoms with van der Waals surface area (Å²) in [7, 11) is -2.38. The second-order valence-electron chi connectivity index (χ2n) is 9.01. The van der Waals surface area contributed by atoms with E-state index < -0.39 is 22.2 Å². The Hall–Kier alpha value is -3.52. The molecule has 4 rings (SSSR count). The van der Waals surface area contributed by atoms with Crippen LogP contribution in [0.1, 0.15) is 36.0 Å². The number of carbonyl (C=O) groups excluding carboxylic acids is 1. The summed E-state index contributed by atoms with van der Waals surface area (Å²) < 4.78 is 66.0. The molecular formula is C25H31F3N4O6S. The monoisotopic (exact) mass is 572 g/mol. The van der Waals surface area contributed by atoms with E-state index in [1.165, 1.54) is 19.2 Å². The third-order valence-corrected chi connectivity index (χ3v) is 7.61. The minimum absolute atomic E-state index is 0.101. The van der Waals surface area contributed by atoms with E-state index in [0.29, 0.717) is 17.0 Å². The maximum absolute atomic E-state index is 13.2. The van der Waals surface area contributed by atoms with Crippen LogP contribution >= 0.6 is 0 Å². The zero-order chi connectivity index (χ0) is 28.6. The van der Waals surface area contributed by atoms with Gasteiger partial charge >= 0.3 is 12.1 Å². The van der Waals surface area contributed by atoms with Gasteiger partial charge in [-0.15, -0.1) is 0 Å². The summed E-state index contributed by atoms with van der Waals surface area (Å²) in [4.78, 5) is 24.0. The number of nitrogens with zero attached hydrogens (tertiary/aromatic N) is 1. The second kappa shape index (κ2) is 13.0. The maximum Gasteiger partial charge on any atom is 0.490 e. The van der Waals surface area contributed by atoms with Crippen molar-refractivity contribution in [2.75, 3.05) is 42.9 Å². The molecule has 0 radical (unpaired) electrons. The number of hydrogen-bond acceptors (Lipinski definition) is 7. The van der Waals surface area contributed by atoms with Gasteiger partial charge in [-0.2, -0.15) is 13.2 Å². The Kier molecular flexibility index (Phi) is 10.0. The quantitative estimate of drug-likeness (QED) is 0.397. The lowest BCUT2D eigenvalue weighted by Crippen LogP contribution is -2.43. The number of benzene rings is 2. The number of nitrogens with one attached hydrogen (secondary N) is 3. The Morgan fingerprint density at radius 3 is 2.31 bits per heavy atom. The smallest absolute Gasteiger partial charge is 0.490 e. The molecule has 0 unspecified atom stereocenters. The van der Waals surface area contributed by atoms with E-state index in [4.69, 9.17) is 14.6 Å². The van der Waals surface area contributed by atoms with Gasteiger partial charge in [-0.3, -0.25) is 9.52 Å². The number of sulfonamides is 1. The van der Waals surface area contributed by atoms with Gasteiger partial charge < -0.3 is 25.4 Å². The van der Waals surface area contributed by atoms with Crippen molar-refractivity contribution in [3.05, 3.63) is 48.0 Å². The molecule has 1 saturated carbocycles. The molecule has 214 valence electrons. The predicted octanol–water partition coefficient (Wildman–Crippen LogP) is 3.21. The molecule has 4 N–H and O–H groups in total. The lowest BCUT2D eigenvalue weighted by molar-refractivity contribution is -0.192. The van der Waals surface area contributed by atoms with E-state index in [1.807, 2.05) is 6.07 Å². The van der Waals surface area contributed by atoms with Crippen LogP contribution in [0, 0.1) is 0 Å². The molecular weight excluding hydrogens is 541 g/mol. The number of carbonyl (C=O) groups is 2. The molecule has 1 saturated heterocycles. The topological polar surface area (TPSA) is 137 Å². The number of amides is 1. The van der Waals surface area contributed by atoms with Gasteiger partial charge in [0.15, 0.2) is 0 Å². The Morgan fingerprint density at radius 2 is 1.72 bits per heavy atom. The number of piperazine rings is 1. The molecule has 1 aliphatic carbocycles. The number of anilines is 2. The Bertz CT molecular complexity index is 1260. The third-order valence-electron chi connectivity index (χ3n) is 6.25. The van der Waals surface area contributed by atoms with Gasteiger partial charge in [-0.1, -0.05) is 18.9 Å². The fourth-order valence-corrected chi connectivity index (χ4v) is 5.35. The van der Waals surface area contributed by atoms with Crippen LogP contribution in [-0.2, 0) is 14.8 Å². The summed E-state index contributed by atoms with van der Waals surface area (Å²) in [5, 5.41) is 13.5. The second-order valence-corrected chi connectivity index (χ2v) is 10.7. The number of aliphatic carboxylic acids is 1. The number of carboxylic acids is 1. The van der Waals surface area contributed by atoms with E-state index in [0.717, 1.165) is 57.5 Å². The summed E-state index contributed by atoms with van der Waals surface area (Å²) in [6, 6.07) is 11.8.